The highest BCUT2D eigenvalue weighted by molar-refractivity contribution is 5.81. The number of hydrogen-bond acceptors (Lipinski definition) is 3. The van der Waals surface area contributed by atoms with E-state index in [-0.39, 0.29) is 6.08 Å². The fourth-order valence-corrected chi connectivity index (χ4v) is 0.587. The number of rotatable bonds is 6. The molecule has 0 aliphatic heterocycles. The number of carbonyl (C=O) groups is 1. The molecule has 0 aromatic heterocycles. The van der Waals surface area contributed by atoms with Crippen LogP contribution in [-0.4, -0.2) is 30.7 Å². The maximum Gasteiger partial charge on any atom is 0.476 e. The van der Waals surface area contributed by atoms with Crippen molar-refractivity contribution in [3.63, 3.8) is 0 Å². The molecule has 0 spiro atoms. The van der Waals surface area contributed by atoms with Crippen molar-refractivity contribution in [1.82, 2.24) is 0 Å². The fraction of sp³-hybridized carbons (Fsp3) is 0.571. The van der Waals surface area contributed by atoms with Crippen molar-refractivity contribution in [3.8, 4) is 0 Å². The number of esters is 1. The van der Waals surface area contributed by atoms with Crippen molar-refractivity contribution in [2.45, 2.75) is 24.8 Å². The highest BCUT2D eigenvalue weighted by Gasteiger charge is 2.76. The van der Waals surface area contributed by atoms with Crippen LogP contribution in [0.2, 0.25) is 0 Å². The second kappa shape index (κ2) is 5.08. The zero-order chi connectivity index (χ0) is 14.8. The van der Waals surface area contributed by atoms with Gasteiger partial charge in [0, 0.05) is 6.08 Å². The van der Waals surface area contributed by atoms with Gasteiger partial charge in [0.25, 0.3) is 0 Å². The molecule has 0 aromatic carbocycles. The highest BCUT2D eigenvalue weighted by Crippen LogP contribution is 2.47. The van der Waals surface area contributed by atoms with Gasteiger partial charge in [-0.2, -0.15) is 35.1 Å². The van der Waals surface area contributed by atoms with Crippen molar-refractivity contribution in [3.05, 3.63) is 12.7 Å². The number of carbonyl (C=O) groups excluding carboxylic acids is 1. The van der Waals surface area contributed by atoms with Crippen LogP contribution in [-0.2, 0) is 14.3 Å². The van der Waals surface area contributed by atoms with Crippen molar-refractivity contribution < 1.29 is 49.4 Å². The summed E-state index contributed by atoms with van der Waals surface area (Å²) in [5, 5.41) is 0. The van der Waals surface area contributed by atoms with Gasteiger partial charge < -0.3 is 4.74 Å². The predicted molar refractivity (Wildman–Crippen MR) is 38.2 cm³/mol. The first-order valence-corrected chi connectivity index (χ1v) is 3.82. The molecule has 0 atom stereocenters. The van der Waals surface area contributed by atoms with Gasteiger partial charge in [-0.15, -0.1) is 0 Å². The summed E-state index contributed by atoms with van der Waals surface area (Å²) in [6.45, 7) is -1.90. The van der Waals surface area contributed by atoms with Crippen LogP contribution in [0.4, 0.5) is 35.1 Å². The average molecular weight is 288 g/mol. The largest absolute Gasteiger partial charge is 0.476 e. The summed E-state index contributed by atoms with van der Waals surface area (Å²) < 4.78 is 102. The normalized spacial score (nSPS) is 13.6. The van der Waals surface area contributed by atoms with Crippen molar-refractivity contribution >= 4 is 5.97 Å². The molecule has 0 aliphatic carbocycles. The predicted octanol–water partition coefficient (Wildman–Crippen LogP) is 2.78. The molecule has 0 bridgehead atoms. The van der Waals surface area contributed by atoms with Crippen LogP contribution >= 0.6 is 0 Å². The second-order valence-corrected chi connectivity index (χ2v) is 2.61. The number of ether oxygens (including phenoxy) is 2. The Bertz CT molecular complexity index is 327. The van der Waals surface area contributed by atoms with Crippen LogP contribution in [0.3, 0.4) is 0 Å². The summed E-state index contributed by atoms with van der Waals surface area (Å²) in [5.41, 5.74) is 0. The third-order valence-electron chi connectivity index (χ3n) is 1.36. The minimum Gasteiger partial charge on any atom is -0.393 e. The van der Waals surface area contributed by atoms with Crippen LogP contribution in [0.5, 0.6) is 0 Å². The van der Waals surface area contributed by atoms with E-state index in [9.17, 15) is 39.9 Å². The molecule has 0 N–H and O–H groups in total. The Morgan fingerprint density at radius 3 is 1.83 bits per heavy atom. The maximum absolute atomic E-state index is 12.6. The maximum atomic E-state index is 12.6. The van der Waals surface area contributed by atoms with Gasteiger partial charge >= 0.3 is 30.7 Å². The summed E-state index contributed by atoms with van der Waals surface area (Å²) in [4.78, 5) is 10.2. The van der Waals surface area contributed by atoms with Gasteiger partial charge in [-0.05, 0) is 0 Å². The molecular formula is C7H4F8O3. The van der Waals surface area contributed by atoms with Gasteiger partial charge in [0.1, 0.15) is 0 Å². The monoisotopic (exact) mass is 288 g/mol. The number of alkyl halides is 8. The van der Waals surface area contributed by atoms with Crippen LogP contribution in [0.1, 0.15) is 0 Å². The quantitative estimate of drug-likeness (QED) is 0.428. The third kappa shape index (κ3) is 3.31. The third-order valence-corrected chi connectivity index (χ3v) is 1.36. The zero-order valence-corrected chi connectivity index (χ0v) is 8.11. The minimum atomic E-state index is -6.50. The Balaban J connectivity index is 5.20. The second-order valence-electron chi connectivity index (χ2n) is 2.61. The molecule has 0 rings (SSSR count). The van der Waals surface area contributed by atoms with Gasteiger partial charge in [0.2, 0.25) is 0 Å². The summed E-state index contributed by atoms with van der Waals surface area (Å²) >= 11 is 0. The molecule has 0 aromatic rings. The van der Waals surface area contributed by atoms with E-state index in [0.29, 0.717) is 0 Å². The van der Waals surface area contributed by atoms with E-state index in [1.54, 1.807) is 0 Å². The molecule has 11 heteroatoms. The van der Waals surface area contributed by atoms with Crippen molar-refractivity contribution in [1.29, 1.82) is 0 Å². The Labute approximate surface area is 94.0 Å². The van der Waals surface area contributed by atoms with E-state index in [1.807, 2.05) is 0 Å². The molecule has 0 saturated heterocycles. The summed E-state index contributed by atoms with van der Waals surface area (Å²) in [7, 11) is 0. The zero-order valence-electron chi connectivity index (χ0n) is 8.11. The lowest BCUT2D eigenvalue weighted by molar-refractivity contribution is -0.461. The lowest BCUT2D eigenvalue weighted by Crippen LogP contribution is -2.57. The van der Waals surface area contributed by atoms with E-state index < -0.39 is 30.7 Å². The molecule has 106 valence electrons. The first-order valence-electron chi connectivity index (χ1n) is 3.82. The van der Waals surface area contributed by atoms with Gasteiger partial charge in [0.05, 0.1) is 0 Å². The molecular weight excluding hydrogens is 284 g/mol. The van der Waals surface area contributed by atoms with Crippen molar-refractivity contribution in [2.24, 2.45) is 0 Å². The van der Waals surface area contributed by atoms with Crippen LogP contribution in [0, 0.1) is 0 Å². The average Bonchev–Trinajstić information content (AvgIpc) is 2.14. The molecule has 0 aliphatic rings. The highest BCUT2D eigenvalue weighted by atomic mass is 19.4. The molecule has 0 saturated carbocycles. The summed E-state index contributed by atoms with van der Waals surface area (Å²) in [5.74, 6) is -8.66. The van der Waals surface area contributed by atoms with Crippen molar-refractivity contribution in [2.75, 3.05) is 0 Å². The van der Waals surface area contributed by atoms with E-state index in [2.05, 4.69) is 16.1 Å². The lowest BCUT2D eigenvalue weighted by Gasteiger charge is -2.30. The van der Waals surface area contributed by atoms with Crippen LogP contribution in [0.15, 0.2) is 12.7 Å². The summed E-state index contributed by atoms with van der Waals surface area (Å²) in [6.07, 6.45) is -12.3. The number of halogens is 8. The first-order chi connectivity index (χ1) is 7.87. The minimum absolute atomic E-state index is 0.0178. The van der Waals surface area contributed by atoms with E-state index >= 15 is 0 Å². The molecule has 0 fully saturated rings. The van der Waals surface area contributed by atoms with Gasteiger partial charge in [-0.1, -0.05) is 6.58 Å². The number of hydrogen-bond donors (Lipinski definition) is 0. The molecule has 0 radical (unpaired) electrons. The molecule has 18 heavy (non-hydrogen) atoms. The van der Waals surface area contributed by atoms with E-state index in [4.69, 9.17) is 0 Å². The standard InChI is InChI=1S/C7H4F8O3/c1-2-3(16)17-6(12,13)5(10,11)7(14,15)18-4(8)9/h2,4H,1H2. The first kappa shape index (κ1) is 16.6. The lowest BCUT2D eigenvalue weighted by atomic mass is 10.3. The topological polar surface area (TPSA) is 35.5 Å². The Morgan fingerprint density at radius 1 is 1.06 bits per heavy atom. The van der Waals surface area contributed by atoms with Crippen LogP contribution < -0.4 is 0 Å². The van der Waals surface area contributed by atoms with E-state index in [0.717, 1.165) is 0 Å². The molecule has 0 unspecified atom stereocenters. The van der Waals surface area contributed by atoms with Crippen LogP contribution in [0.25, 0.3) is 0 Å². The van der Waals surface area contributed by atoms with Gasteiger partial charge in [-0.3, -0.25) is 4.74 Å². The Hall–Kier alpha value is -1.39. The van der Waals surface area contributed by atoms with Gasteiger partial charge in [-0.25, -0.2) is 4.79 Å². The van der Waals surface area contributed by atoms with E-state index in [1.165, 1.54) is 0 Å². The molecule has 0 heterocycles. The Morgan fingerprint density at radius 2 is 1.50 bits per heavy atom. The smallest absolute Gasteiger partial charge is 0.393 e. The SMILES string of the molecule is C=CC(=O)OC(F)(F)C(F)(F)C(F)(F)OC(F)F. The molecule has 3 nitrogen and oxygen atoms in total. The summed E-state index contributed by atoms with van der Waals surface area (Å²) in [6, 6.07) is 0. The fourth-order valence-electron chi connectivity index (χ4n) is 0.587. The molecule has 0 amide bonds. The van der Waals surface area contributed by atoms with Gasteiger partial charge in [0.15, 0.2) is 0 Å². The Kier molecular flexibility index (Phi) is 4.69.